The Balaban J connectivity index is 2.86. The molecule has 16 heavy (non-hydrogen) atoms. The summed E-state index contributed by atoms with van der Waals surface area (Å²) < 4.78 is 17.8. The van der Waals surface area contributed by atoms with Crippen LogP contribution in [0.2, 0.25) is 5.02 Å². The Morgan fingerprint density at radius 2 is 2.25 bits per heavy atom. The minimum absolute atomic E-state index is 0.0574. The molecule has 3 N–H and O–H groups in total. The smallest absolute Gasteiger partial charge is 0.342 e. The molecule has 1 aromatic carbocycles. The molecule has 0 atom stereocenters. The molecule has 0 spiro atoms. The van der Waals surface area contributed by atoms with Gasteiger partial charge in [0.05, 0.1) is 12.1 Å². The first-order valence-electron chi connectivity index (χ1n) is 4.39. The zero-order valence-corrected chi connectivity index (χ0v) is 9.06. The number of halogens is 2. The van der Waals surface area contributed by atoms with Crippen molar-refractivity contribution in [3.63, 3.8) is 0 Å². The number of nitrogens with two attached hydrogens (primary N) is 1. The highest BCUT2D eigenvalue weighted by Gasteiger charge is 2.21. The molecule has 0 unspecified atom stereocenters. The van der Waals surface area contributed by atoms with E-state index >= 15 is 0 Å². The molecule has 0 bridgehead atoms. The van der Waals surface area contributed by atoms with E-state index in [2.05, 4.69) is 9.72 Å². The second-order valence-corrected chi connectivity index (χ2v) is 3.57. The van der Waals surface area contributed by atoms with Crippen LogP contribution in [0.5, 0.6) is 0 Å². The monoisotopic (exact) mass is 242 g/mol. The van der Waals surface area contributed by atoms with Crippen LogP contribution in [0.15, 0.2) is 12.1 Å². The van der Waals surface area contributed by atoms with E-state index in [0.29, 0.717) is 5.52 Å². The molecule has 0 aliphatic rings. The number of carbonyl (C=O) groups excluding carboxylic acids is 1. The number of methoxy groups -OCH3 is 1. The minimum Gasteiger partial charge on any atom is -0.465 e. The number of carbonyl (C=O) groups is 1. The molecular weight excluding hydrogens is 235 g/mol. The maximum atomic E-state index is 13.3. The third-order valence-corrected chi connectivity index (χ3v) is 2.64. The Kier molecular flexibility index (Phi) is 2.47. The number of anilines is 1. The van der Waals surface area contributed by atoms with Gasteiger partial charge in [-0.05, 0) is 12.1 Å². The predicted octanol–water partition coefficient (Wildman–Crippen LogP) is 2.33. The van der Waals surface area contributed by atoms with E-state index in [4.69, 9.17) is 17.3 Å². The maximum absolute atomic E-state index is 13.3. The van der Waals surface area contributed by atoms with Gasteiger partial charge in [-0.2, -0.15) is 0 Å². The van der Waals surface area contributed by atoms with Crippen molar-refractivity contribution in [3.8, 4) is 0 Å². The Morgan fingerprint density at radius 3 is 2.88 bits per heavy atom. The number of aromatic amines is 1. The Bertz CT molecular complexity index is 580. The lowest BCUT2D eigenvalue weighted by Gasteiger charge is -2.00. The largest absolute Gasteiger partial charge is 0.465 e. The first-order chi connectivity index (χ1) is 7.56. The lowest BCUT2D eigenvalue weighted by atomic mass is 10.1. The standard InChI is InChI=1S/C10H8ClFN2O2/c1-16-10(15)7-6-5(14-9(7)13)3-2-4(12)8(6)11/h2-3,14H,13H2,1H3. The number of hydrogen-bond donors (Lipinski definition) is 2. The number of esters is 1. The van der Waals surface area contributed by atoms with Crippen LogP contribution in [0.1, 0.15) is 10.4 Å². The van der Waals surface area contributed by atoms with E-state index in [-0.39, 0.29) is 21.8 Å². The van der Waals surface area contributed by atoms with E-state index in [1.165, 1.54) is 19.2 Å². The van der Waals surface area contributed by atoms with Gasteiger partial charge >= 0.3 is 5.97 Å². The van der Waals surface area contributed by atoms with Crippen LogP contribution >= 0.6 is 11.6 Å². The zero-order chi connectivity index (χ0) is 11.9. The number of aromatic nitrogens is 1. The van der Waals surface area contributed by atoms with E-state index < -0.39 is 11.8 Å². The van der Waals surface area contributed by atoms with Gasteiger partial charge in [0.25, 0.3) is 0 Å². The Labute approximate surface area is 95.1 Å². The van der Waals surface area contributed by atoms with Gasteiger partial charge in [-0.1, -0.05) is 11.6 Å². The average Bonchev–Trinajstić information content (AvgIpc) is 2.60. The molecule has 0 saturated carbocycles. The highest BCUT2D eigenvalue weighted by atomic mass is 35.5. The molecule has 0 radical (unpaired) electrons. The van der Waals surface area contributed by atoms with Crippen LogP contribution in [0.4, 0.5) is 10.2 Å². The quantitative estimate of drug-likeness (QED) is 0.754. The number of benzene rings is 1. The fourth-order valence-electron chi connectivity index (χ4n) is 1.56. The summed E-state index contributed by atoms with van der Waals surface area (Å²) in [7, 11) is 1.22. The molecule has 2 aromatic rings. The van der Waals surface area contributed by atoms with Crippen LogP contribution in [0.25, 0.3) is 10.9 Å². The van der Waals surface area contributed by atoms with Crippen molar-refractivity contribution < 1.29 is 13.9 Å². The van der Waals surface area contributed by atoms with Crippen molar-refractivity contribution >= 4 is 34.3 Å². The molecule has 1 heterocycles. The molecular formula is C10H8ClFN2O2. The molecule has 1 aromatic heterocycles. The summed E-state index contributed by atoms with van der Waals surface area (Å²) in [4.78, 5) is 14.2. The lowest BCUT2D eigenvalue weighted by Crippen LogP contribution is -2.04. The summed E-state index contributed by atoms with van der Waals surface area (Å²) in [6, 6.07) is 2.65. The van der Waals surface area contributed by atoms with E-state index in [1.807, 2.05) is 0 Å². The highest BCUT2D eigenvalue weighted by molar-refractivity contribution is 6.37. The number of H-pyrrole nitrogens is 1. The summed E-state index contributed by atoms with van der Waals surface area (Å²) in [5.74, 6) is -1.16. The average molecular weight is 243 g/mol. The van der Waals surface area contributed by atoms with Crippen molar-refractivity contribution in [1.82, 2.24) is 4.98 Å². The van der Waals surface area contributed by atoms with Crippen LogP contribution in [0.3, 0.4) is 0 Å². The first-order valence-corrected chi connectivity index (χ1v) is 4.77. The summed E-state index contributed by atoms with van der Waals surface area (Å²) in [6.45, 7) is 0. The molecule has 2 rings (SSSR count). The second-order valence-electron chi connectivity index (χ2n) is 3.19. The molecule has 84 valence electrons. The second kappa shape index (κ2) is 3.68. The number of nitrogens with one attached hydrogen (secondary N) is 1. The van der Waals surface area contributed by atoms with Crippen molar-refractivity contribution in [2.24, 2.45) is 0 Å². The third-order valence-electron chi connectivity index (χ3n) is 2.27. The predicted molar refractivity (Wildman–Crippen MR) is 59.0 cm³/mol. The van der Waals surface area contributed by atoms with Crippen LogP contribution in [-0.2, 0) is 4.74 Å². The third kappa shape index (κ3) is 1.40. The molecule has 4 nitrogen and oxygen atoms in total. The topological polar surface area (TPSA) is 68.1 Å². The van der Waals surface area contributed by atoms with Gasteiger partial charge in [0.1, 0.15) is 17.2 Å². The van der Waals surface area contributed by atoms with Gasteiger partial charge in [-0.3, -0.25) is 0 Å². The van der Waals surface area contributed by atoms with Gasteiger partial charge in [0, 0.05) is 10.9 Å². The minimum atomic E-state index is -0.656. The van der Waals surface area contributed by atoms with Gasteiger partial charge in [0.2, 0.25) is 0 Å². The number of rotatable bonds is 1. The Hall–Kier alpha value is -1.75. The van der Waals surface area contributed by atoms with Crippen LogP contribution in [-0.4, -0.2) is 18.1 Å². The zero-order valence-electron chi connectivity index (χ0n) is 8.30. The molecule has 0 aliphatic carbocycles. The van der Waals surface area contributed by atoms with Crippen molar-refractivity contribution in [1.29, 1.82) is 0 Å². The summed E-state index contributed by atoms with van der Waals surface area (Å²) >= 11 is 5.79. The van der Waals surface area contributed by atoms with Crippen molar-refractivity contribution in [3.05, 3.63) is 28.5 Å². The number of hydrogen-bond acceptors (Lipinski definition) is 3. The van der Waals surface area contributed by atoms with Crippen LogP contribution in [0, 0.1) is 5.82 Å². The molecule has 0 fully saturated rings. The number of fused-ring (bicyclic) bond motifs is 1. The summed E-state index contributed by atoms with van der Waals surface area (Å²) in [5, 5.41) is 0.0943. The fraction of sp³-hybridized carbons (Fsp3) is 0.100. The molecule has 0 saturated heterocycles. The van der Waals surface area contributed by atoms with Crippen molar-refractivity contribution in [2.45, 2.75) is 0 Å². The lowest BCUT2D eigenvalue weighted by molar-refractivity contribution is 0.0604. The molecule has 6 heteroatoms. The van der Waals surface area contributed by atoms with E-state index in [1.54, 1.807) is 0 Å². The van der Waals surface area contributed by atoms with Gasteiger partial charge in [-0.15, -0.1) is 0 Å². The molecule has 0 amide bonds. The first kappa shape index (κ1) is 10.8. The normalized spacial score (nSPS) is 10.7. The number of ether oxygens (including phenoxy) is 1. The van der Waals surface area contributed by atoms with Crippen LogP contribution < -0.4 is 5.73 Å². The van der Waals surface area contributed by atoms with Gasteiger partial charge in [0.15, 0.2) is 0 Å². The maximum Gasteiger partial charge on any atom is 0.342 e. The fourth-order valence-corrected chi connectivity index (χ4v) is 1.81. The summed E-state index contributed by atoms with van der Waals surface area (Å²) in [5.41, 5.74) is 6.16. The van der Waals surface area contributed by atoms with Gasteiger partial charge < -0.3 is 15.5 Å². The van der Waals surface area contributed by atoms with E-state index in [0.717, 1.165) is 0 Å². The van der Waals surface area contributed by atoms with E-state index in [9.17, 15) is 9.18 Å². The summed E-state index contributed by atoms with van der Waals surface area (Å²) in [6.07, 6.45) is 0. The number of nitrogen functional groups attached to an aromatic ring is 1. The van der Waals surface area contributed by atoms with Gasteiger partial charge in [-0.25, -0.2) is 9.18 Å². The molecule has 0 aliphatic heterocycles. The van der Waals surface area contributed by atoms with Crippen molar-refractivity contribution in [2.75, 3.05) is 12.8 Å². The highest BCUT2D eigenvalue weighted by Crippen LogP contribution is 2.32. The SMILES string of the molecule is COC(=O)c1c(N)[nH]c2ccc(F)c(Cl)c12. The Morgan fingerprint density at radius 1 is 1.56 bits per heavy atom.